The number of para-hydroxylation sites is 1. The number of benzene rings is 1. The Kier molecular flexibility index (Phi) is 5.61. The van der Waals surface area contributed by atoms with E-state index in [1.165, 1.54) is 5.56 Å². The van der Waals surface area contributed by atoms with Crippen LogP contribution in [0.3, 0.4) is 0 Å². The number of hydrogen-bond donors (Lipinski definition) is 0. The molecule has 0 unspecified atom stereocenters. The first-order valence-corrected chi connectivity index (χ1v) is 7.77. The van der Waals surface area contributed by atoms with Crippen molar-refractivity contribution in [3.63, 3.8) is 0 Å². The van der Waals surface area contributed by atoms with Gasteiger partial charge in [0.1, 0.15) is 12.0 Å². The fraction of sp³-hybridized carbons (Fsp3) is 0.500. The van der Waals surface area contributed by atoms with Crippen LogP contribution in [0.2, 0.25) is 0 Å². The zero-order chi connectivity index (χ0) is 16.1. The molecule has 0 fully saturated rings. The minimum absolute atomic E-state index is 0.324. The summed E-state index contributed by atoms with van der Waals surface area (Å²) < 4.78 is 10.9. The van der Waals surface area contributed by atoms with Crippen molar-refractivity contribution in [2.24, 2.45) is 0 Å². The fourth-order valence-electron chi connectivity index (χ4n) is 2.42. The summed E-state index contributed by atoms with van der Waals surface area (Å²) in [6.07, 6.45) is 2.71. The molecule has 1 atom stereocenters. The van der Waals surface area contributed by atoms with Gasteiger partial charge in [0, 0.05) is 18.5 Å². The van der Waals surface area contributed by atoms with Crippen LogP contribution < -0.4 is 4.74 Å². The van der Waals surface area contributed by atoms with Crippen LogP contribution in [0.25, 0.3) is 0 Å². The second-order valence-corrected chi connectivity index (χ2v) is 6.11. The normalized spacial score (nSPS) is 12.9. The molecule has 1 heterocycles. The predicted molar refractivity (Wildman–Crippen MR) is 88.2 cm³/mol. The molecule has 22 heavy (non-hydrogen) atoms. The third-order valence-corrected chi connectivity index (χ3v) is 3.94. The Morgan fingerprint density at radius 3 is 2.59 bits per heavy atom. The van der Waals surface area contributed by atoms with Crippen LogP contribution in [0.5, 0.6) is 5.75 Å². The summed E-state index contributed by atoms with van der Waals surface area (Å²) in [7, 11) is 3.83. The summed E-state index contributed by atoms with van der Waals surface area (Å²) >= 11 is 0. The second-order valence-electron chi connectivity index (χ2n) is 6.11. The SMILES string of the molecule is COc1ccccc1C[C@H](C)N(C)Cc1coc(C(C)C)n1. The monoisotopic (exact) mass is 302 g/mol. The van der Waals surface area contributed by atoms with Gasteiger partial charge in [0.15, 0.2) is 5.89 Å². The first kappa shape index (κ1) is 16.6. The second kappa shape index (κ2) is 7.45. The number of aromatic nitrogens is 1. The summed E-state index contributed by atoms with van der Waals surface area (Å²) in [4.78, 5) is 6.83. The molecule has 0 aliphatic heterocycles. The van der Waals surface area contributed by atoms with Gasteiger partial charge in [-0.3, -0.25) is 4.90 Å². The lowest BCUT2D eigenvalue weighted by atomic mass is 10.1. The smallest absolute Gasteiger partial charge is 0.196 e. The van der Waals surface area contributed by atoms with E-state index in [2.05, 4.69) is 49.8 Å². The highest BCUT2D eigenvalue weighted by Crippen LogP contribution is 2.21. The molecule has 0 saturated carbocycles. The van der Waals surface area contributed by atoms with Crippen molar-refractivity contribution in [3.05, 3.63) is 47.7 Å². The van der Waals surface area contributed by atoms with Gasteiger partial charge in [0.2, 0.25) is 0 Å². The van der Waals surface area contributed by atoms with Gasteiger partial charge >= 0.3 is 0 Å². The number of methoxy groups -OCH3 is 1. The lowest BCUT2D eigenvalue weighted by molar-refractivity contribution is 0.243. The first-order valence-electron chi connectivity index (χ1n) is 7.77. The Balaban J connectivity index is 1.98. The highest BCUT2D eigenvalue weighted by Gasteiger charge is 2.15. The summed E-state index contributed by atoms with van der Waals surface area (Å²) in [6, 6.07) is 8.57. The standard InChI is InChI=1S/C18H26N2O2/c1-13(2)18-19-16(12-22-18)11-20(4)14(3)10-15-8-6-7-9-17(15)21-5/h6-9,12-14H,10-11H2,1-5H3/t14-/m0/s1. The van der Waals surface area contributed by atoms with E-state index in [9.17, 15) is 0 Å². The van der Waals surface area contributed by atoms with Crippen molar-refractivity contribution >= 4 is 0 Å². The van der Waals surface area contributed by atoms with E-state index in [4.69, 9.17) is 9.15 Å². The van der Waals surface area contributed by atoms with Gasteiger partial charge in [-0.2, -0.15) is 0 Å². The minimum atomic E-state index is 0.324. The maximum atomic E-state index is 5.50. The molecule has 0 N–H and O–H groups in total. The van der Waals surface area contributed by atoms with Gasteiger partial charge in [-0.05, 0) is 32.0 Å². The third-order valence-electron chi connectivity index (χ3n) is 3.94. The molecular weight excluding hydrogens is 276 g/mol. The van der Waals surface area contributed by atoms with Crippen molar-refractivity contribution in [2.75, 3.05) is 14.2 Å². The van der Waals surface area contributed by atoms with Crippen LogP contribution in [0, 0.1) is 0 Å². The Bertz CT molecular complexity index is 592. The zero-order valence-electron chi connectivity index (χ0n) is 14.2. The van der Waals surface area contributed by atoms with Crippen molar-refractivity contribution in [1.29, 1.82) is 0 Å². The van der Waals surface area contributed by atoms with Crippen molar-refractivity contribution in [3.8, 4) is 5.75 Å². The maximum absolute atomic E-state index is 5.50. The van der Waals surface area contributed by atoms with Gasteiger partial charge in [0.05, 0.1) is 12.8 Å². The summed E-state index contributed by atoms with van der Waals surface area (Å²) in [5.41, 5.74) is 2.21. The highest BCUT2D eigenvalue weighted by molar-refractivity contribution is 5.33. The predicted octanol–water partition coefficient (Wildman–Crippen LogP) is 3.87. The average Bonchev–Trinajstić information content (AvgIpc) is 2.96. The Labute approximate surface area is 133 Å². The molecule has 0 amide bonds. The van der Waals surface area contributed by atoms with Gasteiger partial charge in [-0.15, -0.1) is 0 Å². The fourth-order valence-corrected chi connectivity index (χ4v) is 2.42. The lowest BCUT2D eigenvalue weighted by Gasteiger charge is -2.24. The molecule has 120 valence electrons. The quantitative estimate of drug-likeness (QED) is 0.778. The van der Waals surface area contributed by atoms with Crippen LogP contribution in [0.1, 0.15) is 43.8 Å². The molecule has 0 aliphatic carbocycles. The van der Waals surface area contributed by atoms with Crippen molar-refractivity contribution in [2.45, 2.75) is 45.7 Å². The molecular formula is C18H26N2O2. The molecule has 0 saturated heterocycles. The average molecular weight is 302 g/mol. The zero-order valence-corrected chi connectivity index (χ0v) is 14.2. The Morgan fingerprint density at radius 1 is 1.23 bits per heavy atom. The molecule has 1 aromatic heterocycles. The Hall–Kier alpha value is -1.81. The topological polar surface area (TPSA) is 38.5 Å². The summed E-state index contributed by atoms with van der Waals surface area (Å²) in [6.45, 7) is 7.18. The maximum Gasteiger partial charge on any atom is 0.196 e. The molecule has 2 rings (SSSR count). The Morgan fingerprint density at radius 2 is 1.95 bits per heavy atom. The summed E-state index contributed by atoms with van der Waals surface area (Å²) in [5.74, 6) is 2.08. The van der Waals surface area contributed by atoms with E-state index >= 15 is 0 Å². The number of ether oxygens (including phenoxy) is 1. The first-order chi connectivity index (χ1) is 10.5. The third kappa shape index (κ3) is 4.10. The van der Waals surface area contributed by atoms with Crippen LogP contribution in [-0.2, 0) is 13.0 Å². The summed E-state index contributed by atoms with van der Waals surface area (Å²) in [5, 5.41) is 0. The molecule has 0 radical (unpaired) electrons. The van der Waals surface area contributed by atoms with Gasteiger partial charge < -0.3 is 9.15 Å². The number of nitrogens with zero attached hydrogens (tertiary/aromatic N) is 2. The van der Waals surface area contributed by atoms with E-state index in [0.717, 1.165) is 30.3 Å². The number of likely N-dealkylation sites (N-methyl/N-ethyl adjacent to an activating group) is 1. The van der Waals surface area contributed by atoms with Crippen LogP contribution >= 0.6 is 0 Å². The van der Waals surface area contributed by atoms with Crippen molar-refractivity contribution in [1.82, 2.24) is 9.88 Å². The largest absolute Gasteiger partial charge is 0.496 e. The molecule has 0 aliphatic rings. The van der Waals surface area contributed by atoms with Gasteiger partial charge in [0.25, 0.3) is 0 Å². The van der Waals surface area contributed by atoms with Gasteiger partial charge in [-0.1, -0.05) is 32.0 Å². The lowest BCUT2D eigenvalue weighted by Crippen LogP contribution is -2.30. The van der Waals surface area contributed by atoms with Crippen LogP contribution in [0.4, 0.5) is 0 Å². The molecule has 2 aromatic rings. The number of hydrogen-bond acceptors (Lipinski definition) is 4. The number of oxazole rings is 1. The molecule has 4 heteroatoms. The minimum Gasteiger partial charge on any atom is -0.496 e. The van der Waals surface area contributed by atoms with Crippen LogP contribution in [-0.4, -0.2) is 30.1 Å². The van der Waals surface area contributed by atoms with E-state index in [1.807, 2.05) is 12.1 Å². The molecule has 4 nitrogen and oxygen atoms in total. The van der Waals surface area contributed by atoms with Crippen LogP contribution in [0.15, 0.2) is 34.9 Å². The van der Waals surface area contributed by atoms with E-state index < -0.39 is 0 Å². The molecule has 0 bridgehead atoms. The molecule has 1 aromatic carbocycles. The van der Waals surface area contributed by atoms with E-state index in [1.54, 1.807) is 13.4 Å². The number of rotatable bonds is 7. The molecule has 0 spiro atoms. The van der Waals surface area contributed by atoms with E-state index in [-0.39, 0.29) is 0 Å². The van der Waals surface area contributed by atoms with Gasteiger partial charge in [-0.25, -0.2) is 4.98 Å². The highest BCUT2D eigenvalue weighted by atomic mass is 16.5. The van der Waals surface area contributed by atoms with Crippen molar-refractivity contribution < 1.29 is 9.15 Å². The van der Waals surface area contributed by atoms with E-state index in [0.29, 0.717) is 12.0 Å².